The van der Waals surface area contributed by atoms with Gasteiger partial charge in [0.2, 0.25) is 0 Å². The van der Waals surface area contributed by atoms with Gasteiger partial charge in [0.1, 0.15) is 5.75 Å². The molecule has 0 N–H and O–H groups in total. The molecule has 0 spiro atoms. The van der Waals surface area contributed by atoms with Gasteiger partial charge in [0, 0.05) is 5.02 Å². The van der Waals surface area contributed by atoms with Crippen LogP contribution in [0, 0.1) is 13.8 Å². The van der Waals surface area contributed by atoms with Gasteiger partial charge in [-0.15, -0.1) is 0 Å². The predicted molar refractivity (Wildman–Crippen MR) is 79.3 cm³/mol. The molecule has 2 aromatic rings. The number of aromatic nitrogens is 2. The Hall–Kier alpha value is -1.23. The van der Waals surface area contributed by atoms with E-state index in [1.165, 1.54) is 4.68 Å². The number of ether oxygens (including phenoxy) is 1. The van der Waals surface area contributed by atoms with E-state index in [0.29, 0.717) is 32.2 Å². The highest BCUT2D eigenvalue weighted by Gasteiger charge is 2.16. The van der Waals surface area contributed by atoms with E-state index in [0.717, 1.165) is 0 Å². The molecule has 7 heteroatoms. The van der Waals surface area contributed by atoms with E-state index in [4.69, 9.17) is 39.5 Å². The molecule has 0 radical (unpaired) electrons. The van der Waals surface area contributed by atoms with Gasteiger partial charge in [0.25, 0.3) is 5.91 Å². The number of carbonyl (C=O) groups is 1. The van der Waals surface area contributed by atoms with Gasteiger partial charge in [0.15, 0.2) is 6.61 Å². The van der Waals surface area contributed by atoms with Crippen molar-refractivity contribution in [1.29, 1.82) is 0 Å². The van der Waals surface area contributed by atoms with Crippen molar-refractivity contribution < 1.29 is 9.53 Å². The van der Waals surface area contributed by atoms with Gasteiger partial charge in [-0.1, -0.05) is 34.8 Å². The molecule has 1 aromatic carbocycles. The first kappa shape index (κ1) is 15.2. The van der Waals surface area contributed by atoms with Gasteiger partial charge < -0.3 is 4.74 Å². The SMILES string of the molecule is Cc1nn(C(=O)COc2ccc(Cl)cc2Cl)c(C)c1Cl. The maximum Gasteiger partial charge on any atom is 0.285 e. The summed E-state index contributed by atoms with van der Waals surface area (Å²) < 4.78 is 6.59. The summed E-state index contributed by atoms with van der Waals surface area (Å²) in [5.41, 5.74) is 1.18. The third kappa shape index (κ3) is 3.08. The lowest BCUT2D eigenvalue weighted by Crippen LogP contribution is -2.21. The number of carbonyl (C=O) groups excluding carboxylic acids is 1. The zero-order valence-corrected chi connectivity index (χ0v) is 13.1. The Kier molecular flexibility index (Phi) is 4.58. The first-order chi connectivity index (χ1) is 9.40. The summed E-state index contributed by atoms with van der Waals surface area (Å²) in [7, 11) is 0. The maximum absolute atomic E-state index is 12.0. The molecule has 0 amide bonds. The van der Waals surface area contributed by atoms with Crippen molar-refractivity contribution in [2.24, 2.45) is 0 Å². The monoisotopic (exact) mass is 332 g/mol. The Labute approximate surface area is 131 Å². The molecule has 0 aliphatic heterocycles. The molecule has 20 heavy (non-hydrogen) atoms. The molecule has 2 rings (SSSR count). The lowest BCUT2D eigenvalue weighted by Gasteiger charge is -2.08. The average molecular weight is 334 g/mol. The fraction of sp³-hybridized carbons (Fsp3) is 0.231. The summed E-state index contributed by atoms with van der Waals surface area (Å²) in [6.45, 7) is 3.26. The minimum Gasteiger partial charge on any atom is -0.482 e. The van der Waals surface area contributed by atoms with E-state index in [-0.39, 0.29) is 12.5 Å². The molecule has 0 saturated heterocycles. The van der Waals surface area contributed by atoms with Crippen molar-refractivity contribution in [3.63, 3.8) is 0 Å². The third-order valence-corrected chi connectivity index (χ3v) is 3.76. The molecule has 4 nitrogen and oxygen atoms in total. The van der Waals surface area contributed by atoms with Crippen molar-refractivity contribution in [3.05, 3.63) is 44.7 Å². The number of benzene rings is 1. The molecular formula is C13H11Cl3N2O2. The van der Waals surface area contributed by atoms with E-state index in [1.54, 1.807) is 32.0 Å². The minimum atomic E-state index is -0.330. The van der Waals surface area contributed by atoms with Crippen molar-refractivity contribution in [3.8, 4) is 5.75 Å². The van der Waals surface area contributed by atoms with E-state index in [1.807, 2.05) is 0 Å². The molecule has 0 bridgehead atoms. The maximum atomic E-state index is 12.0. The van der Waals surface area contributed by atoms with Gasteiger partial charge in [-0.05, 0) is 32.0 Å². The van der Waals surface area contributed by atoms with E-state index >= 15 is 0 Å². The van der Waals surface area contributed by atoms with Gasteiger partial charge in [-0.2, -0.15) is 5.10 Å². The Bertz CT molecular complexity index is 668. The van der Waals surface area contributed by atoms with Crippen LogP contribution in [0.2, 0.25) is 15.1 Å². The van der Waals surface area contributed by atoms with Crippen molar-refractivity contribution in [2.45, 2.75) is 13.8 Å². The summed E-state index contributed by atoms with van der Waals surface area (Å²) in [6, 6.07) is 4.78. The summed E-state index contributed by atoms with van der Waals surface area (Å²) in [5.74, 6) is 0.0561. The summed E-state index contributed by atoms with van der Waals surface area (Å²) in [4.78, 5) is 12.0. The molecule has 0 aliphatic rings. The lowest BCUT2D eigenvalue weighted by molar-refractivity contribution is 0.0818. The van der Waals surface area contributed by atoms with E-state index in [2.05, 4.69) is 5.10 Å². The van der Waals surface area contributed by atoms with Crippen molar-refractivity contribution in [2.75, 3.05) is 6.61 Å². The highest BCUT2D eigenvalue weighted by atomic mass is 35.5. The zero-order valence-electron chi connectivity index (χ0n) is 10.8. The van der Waals surface area contributed by atoms with Crippen LogP contribution in [-0.2, 0) is 0 Å². The number of nitrogens with zero attached hydrogens (tertiary/aromatic N) is 2. The molecule has 106 valence electrons. The fourth-order valence-corrected chi connectivity index (χ4v) is 2.24. The molecule has 0 aliphatic carbocycles. The highest BCUT2D eigenvalue weighted by molar-refractivity contribution is 6.35. The summed E-state index contributed by atoms with van der Waals surface area (Å²) in [5, 5.41) is 5.38. The van der Waals surface area contributed by atoms with Gasteiger partial charge in [-0.3, -0.25) is 4.79 Å². The highest BCUT2D eigenvalue weighted by Crippen LogP contribution is 2.27. The third-order valence-electron chi connectivity index (χ3n) is 2.68. The molecule has 0 unspecified atom stereocenters. The number of hydrogen-bond donors (Lipinski definition) is 0. The lowest BCUT2D eigenvalue weighted by atomic mass is 10.3. The summed E-state index contributed by atoms with van der Waals surface area (Å²) in [6.07, 6.45) is 0. The van der Waals surface area contributed by atoms with Crippen LogP contribution in [0.25, 0.3) is 0 Å². The second-order valence-corrected chi connectivity index (χ2v) is 5.38. The van der Waals surface area contributed by atoms with Crippen LogP contribution >= 0.6 is 34.8 Å². The zero-order chi connectivity index (χ0) is 14.9. The van der Waals surface area contributed by atoms with Gasteiger partial charge >= 0.3 is 0 Å². The molecule has 0 fully saturated rings. The van der Waals surface area contributed by atoms with Crippen LogP contribution in [0.15, 0.2) is 18.2 Å². The molecule has 0 saturated carbocycles. The van der Waals surface area contributed by atoms with Crippen LogP contribution in [0.3, 0.4) is 0 Å². The minimum absolute atomic E-state index is 0.195. The van der Waals surface area contributed by atoms with Crippen LogP contribution in [-0.4, -0.2) is 22.3 Å². The van der Waals surface area contributed by atoms with Crippen molar-refractivity contribution >= 4 is 40.7 Å². The molecule has 1 aromatic heterocycles. The first-order valence-electron chi connectivity index (χ1n) is 5.73. The molecule has 0 atom stereocenters. The fourth-order valence-electron chi connectivity index (χ4n) is 1.66. The van der Waals surface area contributed by atoms with Crippen LogP contribution in [0.4, 0.5) is 0 Å². The van der Waals surface area contributed by atoms with Gasteiger partial charge in [0.05, 0.1) is 21.4 Å². The number of rotatable bonds is 3. The Morgan fingerprint density at radius 3 is 2.55 bits per heavy atom. The van der Waals surface area contributed by atoms with E-state index in [9.17, 15) is 4.79 Å². The topological polar surface area (TPSA) is 44.1 Å². The summed E-state index contributed by atoms with van der Waals surface area (Å²) >= 11 is 17.7. The Morgan fingerprint density at radius 1 is 1.30 bits per heavy atom. The van der Waals surface area contributed by atoms with Crippen LogP contribution in [0.5, 0.6) is 5.75 Å². The number of aryl methyl sites for hydroxylation is 1. The Balaban J connectivity index is 2.10. The Morgan fingerprint density at radius 2 is 2.00 bits per heavy atom. The van der Waals surface area contributed by atoms with Crippen LogP contribution < -0.4 is 4.74 Å². The van der Waals surface area contributed by atoms with E-state index < -0.39 is 0 Å². The van der Waals surface area contributed by atoms with Crippen molar-refractivity contribution in [1.82, 2.24) is 9.78 Å². The average Bonchev–Trinajstić information content (AvgIpc) is 2.65. The smallest absolute Gasteiger partial charge is 0.285 e. The van der Waals surface area contributed by atoms with Crippen LogP contribution in [0.1, 0.15) is 16.2 Å². The largest absolute Gasteiger partial charge is 0.482 e. The molecular weight excluding hydrogens is 323 g/mol. The normalized spacial score (nSPS) is 10.7. The standard InChI is InChI=1S/C13H11Cl3N2O2/c1-7-13(16)8(2)18(17-7)12(19)6-20-11-4-3-9(14)5-10(11)15/h3-5H,6H2,1-2H3. The molecule has 1 heterocycles. The second-order valence-electron chi connectivity index (χ2n) is 4.15. The predicted octanol–water partition coefficient (Wildman–Crippen LogP) is 4.18. The number of halogens is 3. The quantitative estimate of drug-likeness (QED) is 0.846. The first-order valence-corrected chi connectivity index (χ1v) is 6.86. The second kappa shape index (κ2) is 6.04. The van der Waals surface area contributed by atoms with Gasteiger partial charge in [-0.25, -0.2) is 4.68 Å². The number of hydrogen-bond acceptors (Lipinski definition) is 3.